The van der Waals surface area contributed by atoms with Gasteiger partial charge < -0.3 is 10.6 Å². The van der Waals surface area contributed by atoms with Gasteiger partial charge in [-0.1, -0.05) is 17.7 Å². The predicted octanol–water partition coefficient (Wildman–Crippen LogP) is 2.65. The van der Waals surface area contributed by atoms with Crippen molar-refractivity contribution in [3.8, 4) is 0 Å². The maximum absolute atomic E-state index is 12.0. The zero-order valence-corrected chi connectivity index (χ0v) is 10.9. The van der Waals surface area contributed by atoms with Crippen molar-refractivity contribution in [2.45, 2.75) is 32.7 Å². The van der Waals surface area contributed by atoms with Crippen molar-refractivity contribution in [3.05, 3.63) is 28.3 Å². The van der Waals surface area contributed by atoms with Crippen LogP contribution < -0.4 is 10.6 Å². The molecule has 0 saturated carbocycles. The van der Waals surface area contributed by atoms with Crippen LogP contribution in [-0.4, -0.2) is 18.5 Å². The Balaban J connectivity index is 2.15. The molecule has 1 unspecified atom stereocenters. The number of hydrogen-bond donors (Lipinski definition) is 2. The van der Waals surface area contributed by atoms with Crippen molar-refractivity contribution in [2.24, 2.45) is 0 Å². The van der Waals surface area contributed by atoms with Crippen molar-refractivity contribution < 1.29 is 4.79 Å². The van der Waals surface area contributed by atoms with Gasteiger partial charge in [-0.05, 0) is 50.4 Å². The number of benzene rings is 1. The molecule has 1 amide bonds. The molecule has 0 aliphatic carbocycles. The lowest BCUT2D eigenvalue weighted by Gasteiger charge is -2.14. The van der Waals surface area contributed by atoms with Gasteiger partial charge in [0.1, 0.15) is 0 Å². The van der Waals surface area contributed by atoms with Crippen LogP contribution in [0.2, 0.25) is 5.02 Å². The molecule has 3 nitrogen and oxygen atoms in total. The molecule has 92 valence electrons. The Morgan fingerprint density at radius 3 is 2.82 bits per heavy atom. The Labute approximate surface area is 107 Å². The molecule has 0 spiro atoms. The highest BCUT2D eigenvalue weighted by atomic mass is 35.5. The smallest absolute Gasteiger partial charge is 0.241 e. The second-order valence-corrected chi connectivity index (χ2v) is 4.98. The van der Waals surface area contributed by atoms with Gasteiger partial charge in [-0.15, -0.1) is 0 Å². The molecule has 0 bridgehead atoms. The Bertz CT molecular complexity index is 416. The van der Waals surface area contributed by atoms with E-state index in [9.17, 15) is 4.79 Å². The molecule has 2 N–H and O–H groups in total. The van der Waals surface area contributed by atoms with Gasteiger partial charge in [0.15, 0.2) is 0 Å². The lowest BCUT2D eigenvalue weighted by molar-refractivity contribution is -0.117. The number of aryl methyl sites for hydroxylation is 2. The fourth-order valence-electron chi connectivity index (χ4n) is 2.19. The molecule has 1 saturated heterocycles. The molecule has 1 aromatic carbocycles. The molecular formula is C13H17ClN2O. The third-order valence-electron chi connectivity index (χ3n) is 3.06. The molecule has 0 aromatic heterocycles. The fourth-order valence-corrected chi connectivity index (χ4v) is 2.56. The molecule has 1 fully saturated rings. The highest BCUT2D eigenvalue weighted by molar-refractivity contribution is 6.34. The second-order valence-electron chi connectivity index (χ2n) is 4.58. The van der Waals surface area contributed by atoms with Crippen LogP contribution in [0.3, 0.4) is 0 Å². The standard InChI is InChI=1S/C13H17ClN2O/c1-8-6-9(2)12(10(14)7-8)16-13(17)11-4-3-5-15-11/h6-7,11,15H,3-5H2,1-2H3,(H,16,17). The van der Waals surface area contributed by atoms with Gasteiger partial charge in [-0.25, -0.2) is 0 Å². The number of anilines is 1. The average Bonchev–Trinajstić information content (AvgIpc) is 2.76. The van der Waals surface area contributed by atoms with Crippen molar-refractivity contribution in [3.63, 3.8) is 0 Å². The molecular weight excluding hydrogens is 236 g/mol. The van der Waals surface area contributed by atoms with E-state index in [0.717, 1.165) is 36.2 Å². The number of carbonyl (C=O) groups is 1. The molecule has 1 atom stereocenters. The first kappa shape index (κ1) is 12.4. The molecule has 1 aromatic rings. The molecule has 1 heterocycles. The van der Waals surface area contributed by atoms with Gasteiger partial charge >= 0.3 is 0 Å². The van der Waals surface area contributed by atoms with Crippen molar-refractivity contribution >= 4 is 23.2 Å². The summed E-state index contributed by atoms with van der Waals surface area (Å²) in [6.45, 7) is 4.86. The van der Waals surface area contributed by atoms with Crippen LogP contribution >= 0.6 is 11.6 Å². The molecule has 1 aliphatic heterocycles. The first-order chi connectivity index (χ1) is 8.08. The van der Waals surface area contributed by atoms with Gasteiger partial charge in [0.2, 0.25) is 5.91 Å². The minimum Gasteiger partial charge on any atom is -0.323 e. The number of nitrogens with one attached hydrogen (secondary N) is 2. The van der Waals surface area contributed by atoms with E-state index in [2.05, 4.69) is 10.6 Å². The van der Waals surface area contributed by atoms with Crippen molar-refractivity contribution in [1.29, 1.82) is 0 Å². The summed E-state index contributed by atoms with van der Waals surface area (Å²) in [5, 5.41) is 6.69. The van der Waals surface area contributed by atoms with Crippen LogP contribution in [0, 0.1) is 13.8 Å². The summed E-state index contributed by atoms with van der Waals surface area (Å²) in [7, 11) is 0. The van der Waals surface area contributed by atoms with E-state index in [1.54, 1.807) is 0 Å². The monoisotopic (exact) mass is 252 g/mol. The third kappa shape index (κ3) is 2.79. The van der Waals surface area contributed by atoms with Crippen LogP contribution in [-0.2, 0) is 4.79 Å². The zero-order valence-electron chi connectivity index (χ0n) is 10.1. The highest BCUT2D eigenvalue weighted by Crippen LogP contribution is 2.27. The van der Waals surface area contributed by atoms with Crippen LogP contribution in [0.5, 0.6) is 0 Å². The number of halogens is 1. The number of hydrogen-bond acceptors (Lipinski definition) is 2. The summed E-state index contributed by atoms with van der Waals surface area (Å²) >= 11 is 6.15. The van der Waals surface area contributed by atoms with Gasteiger partial charge in [-0.2, -0.15) is 0 Å². The molecule has 0 radical (unpaired) electrons. The van der Waals surface area contributed by atoms with E-state index in [0.29, 0.717) is 5.02 Å². The van der Waals surface area contributed by atoms with Crippen molar-refractivity contribution in [2.75, 3.05) is 11.9 Å². The number of amides is 1. The average molecular weight is 253 g/mol. The number of carbonyl (C=O) groups excluding carboxylic acids is 1. The van der Waals surface area contributed by atoms with Crippen molar-refractivity contribution in [1.82, 2.24) is 5.32 Å². The SMILES string of the molecule is Cc1cc(C)c(NC(=O)C2CCCN2)c(Cl)c1. The van der Waals surface area contributed by atoms with E-state index in [-0.39, 0.29) is 11.9 Å². The summed E-state index contributed by atoms with van der Waals surface area (Å²) in [5.74, 6) is 0.0105. The van der Waals surface area contributed by atoms with E-state index < -0.39 is 0 Å². The first-order valence-corrected chi connectivity index (χ1v) is 6.26. The topological polar surface area (TPSA) is 41.1 Å². The molecule has 2 rings (SSSR count). The first-order valence-electron chi connectivity index (χ1n) is 5.89. The fraction of sp³-hybridized carbons (Fsp3) is 0.462. The second kappa shape index (κ2) is 5.07. The lowest BCUT2D eigenvalue weighted by atomic mass is 10.1. The van der Waals surface area contributed by atoms with Crippen LogP contribution in [0.1, 0.15) is 24.0 Å². The largest absolute Gasteiger partial charge is 0.323 e. The Morgan fingerprint density at radius 2 is 2.24 bits per heavy atom. The van der Waals surface area contributed by atoms with Crippen LogP contribution in [0.15, 0.2) is 12.1 Å². The van der Waals surface area contributed by atoms with E-state index in [1.807, 2.05) is 26.0 Å². The zero-order chi connectivity index (χ0) is 12.4. The van der Waals surface area contributed by atoms with E-state index in [4.69, 9.17) is 11.6 Å². The van der Waals surface area contributed by atoms with Crippen LogP contribution in [0.4, 0.5) is 5.69 Å². The summed E-state index contributed by atoms with van der Waals surface area (Å²) in [6, 6.07) is 3.81. The Morgan fingerprint density at radius 1 is 1.47 bits per heavy atom. The minimum atomic E-state index is -0.0771. The van der Waals surface area contributed by atoms with Gasteiger partial charge in [-0.3, -0.25) is 4.79 Å². The maximum Gasteiger partial charge on any atom is 0.241 e. The van der Waals surface area contributed by atoms with Gasteiger partial charge in [0.05, 0.1) is 16.8 Å². The predicted molar refractivity (Wildman–Crippen MR) is 70.6 cm³/mol. The molecule has 4 heteroatoms. The third-order valence-corrected chi connectivity index (χ3v) is 3.35. The van der Waals surface area contributed by atoms with Gasteiger partial charge in [0.25, 0.3) is 0 Å². The maximum atomic E-state index is 12.0. The molecule has 1 aliphatic rings. The minimum absolute atomic E-state index is 0.0105. The summed E-state index contributed by atoms with van der Waals surface area (Å²) in [4.78, 5) is 12.0. The normalized spacial score (nSPS) is 19.4. The summed E-state index contributed by atoms with van der Waals surface area (Å²) in [5.41, 5.74) is 2.84. The van der Waals surface area contributed by atoms with E-state index in [1.165, 1.54) is 0 Å². The Hall–Kier alpha value is -1.06. The van der Waals surface area contributed by atoms with Gasteiger partial charge in [0, 0.05) is 0 Å². The molecule has 17 heavy (non-hydrogen) atoms. The number of rotatable bonds is 2. The lowest BCUT2D eigenvalue weighted by Crippen LogP contribution is -2.35. The summed E-state index contributed by atoms with van der Waals surface area (Å²) < 4.78 is 0. The highest BCUT2D eigenvalue weighted by Gasteiger charge is 2.22. The van der Waals surface area contributed by atoms with E-state index >= 15 is 0 Å². The summed E-state index contributed by atoms with van der Waals surface area (Å²) in [6.07, 6.45) is 1.95. The Kier molecular flexibility index (Phi) is 3.69. The van der Waals surface area contributed by atoms with Crippen LogP contribution in [0.25, 0.3) is 0 Å². The quantitative estimate of drug-likeness (QED) is 0.850.